The number of phosphoric acid groups is 1. The van der Waals surface area contributed by atoms with Gasteiger partial charge in [0.25, 0.3) is 0 Å². The number of methoxy groups -OCH3 is 1. The lowest BCUT2D eigenvalue weighted by Crippen LogP contribution is -2.35. The number of ether oxygens (including phenoxy) is 1. The maximum Gasteiger partial charge on any atom is 0.475 e. The molecule has 0 aromatic heterocycles. The van der Waals surface area contributed by atoms with Gasteiger partial charge in [0, 0.05) is 0 Å². The maximum atomic E-state index is 12.0. The van der Waals surface area contributed by atoms with Crippen LogP contribution in [0.15, 0.2) is 0 Å². The third-order valence-electron chi connectivity index (χ3n) is 1.59. The largest absolute Gasteiger partial charge is 0.475 e. The first-order chi connectivity index (χ1) is 7.31. The van der Waals surface area contributed by atoms with Crippen LogP contribution in [0.2, 0.25) is 0 Å². The molecule has 0 unspecified atom stereocenters. The van der Waals surface area contributed by atoms with Gasteiger partial charge in [-0.25, -0.2) is 9.36 Å². The minimum Gasteiger partial charge on any atom is -0.467 e. The lowest BCUT2D eigenvalue weighted by Gasteiger charge is -2.26. The van der Waals surface area contributed by atoms with Crippen molar-refractivity contribution in [1.82, 2.24) is 0 Å². The topological polar surface area (TPSA) is 71.1 Å². The molecule has 0 rings (SSSR count). The van der Waals surface area contributed by atoms with E-state index in [9.17, 15) is 9.36 Å². The minimum atomic E-state index is -3.71. The molecule has 0 atom stereocenters. The van der Waals surface area contributed by atoms with E-state index in [2.05, 4.69) is 4.74 Å². The van der Waals surface area contributed by atoms with E-state index in [1.165, 1.54) is 21.0 Å². The van der Waals surface area contributed by atoms with E-state index >= 15 is 0 Å². The highest BCUT2D eigenvalue weighted by Crippen LogP contribution is 2.52. The molecular weight excluding hydrogens is 235 g/mol. The lowest BCUT2D eigenvalue weighted by atomic mass is 10.1. The van der Waals surface area contributed by atoms with Gasteiger partial charge in [-0.2, -0.15) is 0 Å². The summed E-state index contributed by atoms with van der Waals surface area (Å²) in [6, 6.07) is 0. The Labute approximate surface area is 95.8 Å². The fraction of sp³-hybridized carbons (Fsp3) is 0.889. The van der Waals surface area contributed by atoms with Gasteiger partial charge in [-0.1, -0.05) is 0 Å². The SMILES string of the molecule is CCOP(=O)(OCC)OC(C)(C)C(=O)OC. The maximum absolute atomic E-state index is 12.0. The third-order valence-corrected chi connectivity index (χ3v) is 3.42. The van der Waals surface area contributed by atoms with Crippen molar-refractivity contribution in [2.45, 2.75) is 33.3 Å². The predicted octanol–water partition coefficient (Wildman–Crippen LogP) is 2.14. The van der Waals surface area contributed by atoms with Crippen LogP contribution in [0.5, 0.6) is 0 Å². The zero-order chi connectivity index (χ0) is 12.8. The summed E-state index contributed by atoms with van der Waals surface area (Å²) < 4.78 is 31.4. The van der Waals surface area contributed by atoms with E-state index in [0.717, 1.165) is 0 Å². The van der Waals surface area contributed by atoms with Crippen molar-refractivity contribution in [3.05, 3.63) is 0 Å². The molecule has 0 N–H and O–H groups in total. The summed E-state index contributed by atoms with van der Waals surface area (Å²) >= 11 is 0. The zero-order valence-electron chi connectivity index (χ0n) is 10.3. The molecule has 0 saturated heterocycles. The highest BCUT2D eigenvalue weighted by atomic mass is 31.2. The van der Waals surface area contributed by atoms with Gasteiger partial charge in [0.15, 0.2) is 5.60 Å². The quantitative estimate of drug-likeness (QED) is 0.512. The Kier molecular flexibility index (Phi) is 6.18. The molecule has 16 heavy (non-hydrogen) atoms. The Morgan fingerprint density at radius 3 is 1.94 bits per heavy atom. The van der Waals surface area contributed by atoms with Crippen LogP contribution in [-0.4, -0.2) is 31.9 Å². The van der Waals surface area contributed by atoms with E-state index < -0.39 is 19.4 Å². The van der Waals surface area contributed by atoms with Crippen LogP contribution in [0, 0.1) is 0 Å². The average Bonchev–Trinajstić information content (AvgIpc) is 2.15. The Morgan fingerprint density at radius 1 is 1.19 bits per heavy atom. The van der Waals surface area contributed by atoms with E-state index in [-0.39, 0.29) is 13.2 Å². The summed E-state index contributed by atoms with van der Waals surface area (Å²) in [5.41, 5.74) is -1.38. The fourth-order valence-electron chi connectivity index (χ4n) is 0.969. The molecule has 6 nitrogen and oxygen atoms in total. The van der Waals surface area contributed by atoms with E-state index in [4.69, 9.17) is 13.6 Å². The van der Waals surface area contributed by atoms with Crippen molar-refractivity contribution < 1.29 is 27.7 Å². The van der Waals surface area contributed by atoms with Crippen LogP contribution in [0.1, 0.15) is 27.7 Å². The number of hydrogen-bond acceptors (Lipinski definition) is 6. The van der Waals surface area contributed by atoms with Crippen LogP contribution in [0.25, 0.3) is 0 Å². The lowest BCUT2D eigenvalue weighted by molar-refractivity contribution is -0.157. The first-order valence-electron chi connectivity index (χ1n) is 4.99. The third kappa shape index (κ3) is 4.61. The van der Waals surface area contributed by atoms with Crippen molar-refractivity contribution >= 4 is 13.8 Å². The van der Waals surface area contributed by atoms with Gasteiger partial charge in [-0.05, 0) is 27.7 Å². The summed E-state index contributed by atoms with van der Waals surface area (Å²) in [5.74, 6) is -0.646. The smallest absolute Gasteiger partial charge is 0.467 e. The average molecular weight is 254 g/mol. The van der Waals surface area contributed by atoms with Crippen molar-refractivity contribution in [2.75, 3.05) is 20.3 Å². The molecule has 0 aromatic rings. The second-order valence-corrected chi connectivity index (χ2v) is 4.97. The van der Waals surface area contributed by atoms with Gasteiger partial charge in [-0.3, -0.25) is 13.6 Å². The number of carbonyl (C=O) groups excluding carboxylic acids is 1. The molecule has 7 heteroatoms. The Morgan fingerprint density at radius 2 is 1.62 bits per heavy atom. The Hall–Kier alpha value is -0.420. The summed E-state index contributed by atoms with van der Waals surface area (Å²) in [6.07, 6.45) is 0. The molecule has 0 aliphatic rings. The van der Waals surface area contributed by atoms with Crippen molar-refractivity contribution in [3.8, 4) is 0 Å². The van der Waals surface area contributed by atoms with Crippen molar-refractivity contribution in [1.29, 1.82) is 0 Å². The minimum absolute atomic E-state index is 0.161. The van der Waals surface area contributed by atoms with Crippen molar-refractivity contribution in [2.24, 2.45) is 0 Å². The standard InChI is InChI=1S/C9H19O6P/c1-6-13-16(11,14-7-2)15-9(3,4)8(10)12-5/h6-7H2,1-5H3. The highest BCUT2D eigenvalue weighted by molar-refractivity contribution is 7.48. The van der Waals surface area contributed by atoms with Gasteiger partial charge in [0.2, 0.25) is 0 Å². The highest BCUT2D eigenvalue weighted by Gasteiger charge is 2.40. The predicted molar refractivity (Wildman–Crippen MR) is 58.0 cm³/mol. The van der Waals surface area contributed by atoms with Crippen molar-refractivity contribution in [3.63, 3.8) is 0 Å². The first kappa shape index (κ1) is 15.6. The zero-order valence-corrected chi connectivity index (χ0v) is 11.2. The number of phosphoric ester groups is 1. The molecule has 96 valence electrons. The molecule has 0 saturated carbocycles. The fourth-order valence-corrected chi connectivity index (χ4v) is 2.41. The van der Waals surface area contributed by atoms with Crippen LogP contribution in [-0.2, 0) is 27.7 Å². The number of esters is 1. The summed E-state index contributed by atoms with van der Waals surface area (Å²) in [5, 5.41) is 0. The monoisotopic (exact) mass is 254 g/mol. The first-order valence-corrected chi connectivity index (χ1v) is 6.45. The normalized spacial score (nSPS) is 12.6. The molecule has 0 radical (unpaired) electrons. The molecule has 0 spiro atoms. The van der Waals surface area contributed by atoms with Gasteiger partial charge in [0.05, 0.1) is 20.3 Å². The van der Waals surface area contributed by atoms with Crippen LogP contribution in [0.4, 0.5) is 0 Å². The summed E-state index contributed by atoms with van der Waals surface area (Å²) in [7, 11) is -2.49. The molecule has 0 aliphatic heterocycles. The summed E-state index contributed by atoms with van der Waals surface area (Å²) in [4.78, 5) is 11.3. The number of carbonyl (C=O) groups is 1. The molecule has 0 bridgehead atoms. The van der Waals surface area contributed by atoms with Gasteiger partial charge in [-0.15, -0.1) is 0 Å². The molecular formula is C9H19O6P. The molecule has 0 aliphatic carbocycles. The van der Waals surface area contributed by atoms with E-state index in [1.54, 1.807) is 13.8 Å². The molecule has 0 heterocycles. The molecule has 0 fully saturated rings. The van der Waals surface area contributed by atoms with Crippen LogP contribution in [0.3, 0.4) is 0 Å². The Bertz CT molecular complexity index is 265. The molecule has 0 aromatic carbocycles. The number of hydrogen-bond donors (Lipinski definition) is 0. The van der Waals surface area contributed by atoms with Crippen LogP contribution >= 0.6 is 7.82 Å². The van der Waals surface area contributed by atoms with Gasteiger partial charge >= 0.3 is 13.8 Å². The molecule has 0 amide bonds. The van der Waals surface area contributed by atoms with Gasteiger partial charge in [0.1, 0.15) is 0 Å². The van der Waals surface area contributed by atoms with Crippen LogP contribution < -0.4 is 0 Å². The second kappa shape index (κ2) is 6.35. The number of rotatable bonds is 7. The van der Waals surface area contributed by atoms with E-state index in [1.807, 2.05) is 0 Å². The second-order valence-electron chi connectivity index (χ2n) is 3.38. The van der Waals surface area contributed by atoms with E-state index in [0.29, 0.717) is 0 Å². The Balaban J connectivity index is 4.74. The van der Waals surface area contributed by atoms with Gasteiger partial charge < -0.3 is 4.74 Å². The summed E-state index contributed by atoms with van der Waals surface area (Å²) in [6.45, 7) is 6.50.